The largest absolute Gasteiger partial charge is 0.293 e. The molecular weight excluding hydrogens is 286 g/mol. The maximum Gasteiger partial charge on any atom is 0.186 e. The van der Waals surface area contributed by atoms with Gasteiger partial charge in [-0.2, -0.15) is 0 Å². The van der Waals surface area contributed by atoms with E-state index in [-0.39, 0.29) is 5.78 Å². The SMILES string of the molecule is CCCN(CC(=O)c1ccc(Br)s1)C(C)C. The van der Waals surface area contributed by atoms with E-state index in [1.807, 2.05) is 12.1 Å². The molecule has 0 unspecified atom stereocenters. The molecule has 0 aromatic carbocycles. The molecule has 1 rings (SSSR count). The number of Topliss-reactive ketones (excluding diaryl/α,β-unsaturated/α-hetero) is 1. The molecule has 1 aromatic heterocycles. The monoisotopic (exact) mass is 303 g/mol. The highest BCUT2D eigenvalue weighted by Gasteiger charge is 2.15. The summed E-state index contributed by atoms with van der Waals surface area (Å²) < 4.78 is 1.02. The summed E-state index contributed by atoms with van der Waals surface area (Å²) in [6, 6.07) is 4.24. The highest BCUT2D eigenvalue weighted by Crippen LogP contribution is 2.22. The summed E-state index contributed by atoms with van der Waals surface area (Å²) in [6.45, 7) is 7.91. The van der Waals surface area contributed by atoms with Crippen molar-refractivity contribution in [2.45, 2.75) is 33.2 Å². The molecule has 0 saturated heterocycles. The van der Waals surface area contributed by atoms with Crippen molar-refractivity contribution in [3.05, 3.63) is 20.8 Å². The number of rotatable bonds is 6. The van der Waals surface area contributed by atoms with E-state index in [1.165, 1.54) is 11.3 Å². The lowest BCUT2D eigenvalue weighted by atomic mass is 10.2. The Bertz CT molecular complexity index is 349. The smallest absolute Gasteiger partial charge is 0.186 e. The second kappa shape index (κ2) is 6.52. The van der Waals surface area contributed by atoms with Gasteiger partial charge >= 0.3 is 0 Å². The number of hydrogen-bond acceptors (Lipinski definition) is 3. The average molecular weight is 304 g/mol. The second-order valence-corrected chi connectivity index (χ2v) is 6.55. The molecular formula is C12H18BrNOS. The van der Waals surface area contributed by atoms with E-state index in [4.69, 9.17) is 0 Å². The number of halogens is 1. The van der Waals surface area contributed by atoms with Crippen LogP contribution in [0.2, 0.25) is 0 Å². The fourth-order valence-corrected chi connectivity index (χ4v) is 2.85. The molecule has 0 aliphatic heterocycles. The lowest BCUT2D eigenvalue weighted by Crippen LogP contribution is -2.36. The van der Waals surface area contributed by atoms with Crippen molar-refractivity contribution < 1.29 is 4.79 Å². The molecule has 0 aliphatic rings. The minimum atomic E-state index is 0.220. The Balaban J connectivity index is 2.61. The zero-order valence-corrected chi connectivity index (χ0v) is 12.4. The predicted molar refractivity (Wildman–Crippen MR) is 73.3 cm³/mol. The Morgan fingerprint density at radius 3 is 2.62 bits per heavy atom. The first kappa shape index (κ1) is 13.9. The maximum absolute atomic E-state index is 12.0. The molecule has 1 aromatic rings. The van der Waals surface area contributed by atoms with E-state index in [0.717, 1.165) is 21.6 Å². The summed E-state index contributed by atoms with van der Waals surface area (Å²) in [5.41, 5.74) is 0. The fraction of sp³-hybridized carbons (Fsp3) is 0.583. The molecule has 0 radical (unpaired) electrons. The zero-order chi connectivity index (χ0) is 12.1. The van der Waals surface area contributed by atoms with Crippen LogP contribution in [0.25, 0.3) is 0 Å². The molecule has 0 aliphatic carbocycles. The third-order valence-electron chi connectivity index (χ3n) is 2.44. The van der Waals surface area contributed by atoms with Crippen molar-refractivity contribution in [2.75, 3.05) is 13.1 Å². The summed E-state index contributed by atoms with van der Waals surface area (Å²) in [5, 5.41) is 0. The first-order chi connectivity index (χ1) is 7.54. The van der Waals surface area contributed by atoms with E-state index in [2.05, 4.69) is 41.6 Å². The molecule has 90 valence electrons. The summed E-state index contributed by atoms with van der Waals surface area (Å²) in [6.07, 6.45) is 1.08. The Morgan fingerprint density at radius 1 is 1.50 bits per heavy atom. The van der Waals surface area contributed by atoms with Crippen molar-refractivity contribution >= 4 is 33.0 Å². The summed E-state index contributed by atoms with van der Waals surface area (Å²) in [4.78, 5) is 15.1. The van der Waals surface area contributed by atoms with Gasteiger partial charge in [-0.05, 0) is 54.9 Å². The van der Waals surface area contributed by atoms with Crippen molar-refractivity contribution in [1.82, 2.24) is 4.90 Å². The highest BCUT2D eigenvalue weighted by atomic mass is 79.9. The van der Waals surface area contributed by atoms with E-state index in [0.29, 0.717) is 12.6 Å². The molecule has 0 amide bonds. The van der Waals surface area contributed by atoms with Crippen molar-refractivity contribution in [2.24, 2.45) is 0 Å². The highest BCUT2D eigenvalue weighted by molar-refractivity contribution is 9.11. The molecule has 0 atom stereocenters. The number of hydrogen-bond donors (Lipinski definition) is 0. The standard InChI is InChI=1S/C12H18BrNOS/c1-4-7-14(9(2)3)8-10(15)11-5-6-12(13)16-11/h5-6,9H,4,7-8H2,1-3H3. The van der Waals surface area contributed by atoms with Gasteiger partial charge in [0.05, 0.1) is 15.2 Å². The summed E-state index contributed by atoms with van der Waals surface area (Å²) in [7, 11) is 0. The van der Waals surface area contributed by atoms with Crippen LogP contribution < -0.4 is 0 Å². The molecule has 0 N–H and O–H groups in total. The third-order valence-corrected chi connectivity index (χ3v) is 4.10. The molecule has 16 heavy (non-hydrogen) atoms. The van der Waals surface area contributed by atoms with Gasteiger partial charge in [-0.1, -0.05) is 6.92 Å². The lowest BCUT2D eigenvalue weighted by Gasteiger charge is -2.24. The maximum atomic E-state index is 12.0. The molecule has 0 fully saturated rings. The van der Waals surface area contributed by atoms with Crippen LogP contribution >= 0.6 is 27.3 Å². The van der Waals surface area contributed by atoms with E-state index in [1.54, 1.807) is 0 Å². The molecule has 0 bridgehead atoms. The van der Waals surface area contributed by atoms with Crippen LogP contribution in [0.1, 0.15) is 36.9 Å². The number of ketones is 1. The Kier molecular flexibility index (Phi) is 5.66. The first-order valence-corrected chi connectivity index (χ1v) is 7.18. The van der Waals surface area contributed by atoms with Crippen molar-refractivity contribution in [3.63, 3.8) is 0 Å². The minimum Gasteiger partial charge on any atom is -0.293 e. The van der Waals surface area contributed by atoms with Crippen LogP contribution in [0.3, 0.4) is 0 Å². The van der Waals surface area contributed by atoms with Gasteiger partial charge in [0.25, 0.3) is 0 Å². The first-order valence-electron chi connectivity index (χ1n) is 5.57. The van der Waals surface area contributed by atoms with Crippen LogP contribution in [0.15, 0.2) is 15.9 Å². The molecule has 1 heterocycles. The van der Waals surface area contributed by atoms with E-state index in [9.17, 15) is 4.79 Å². The molecule has 2 nitrogen and oxygen atoms in total. The molecule has 0 spiro atoms. The van der Waals surface area contributed by atoms with Gasteiger partial charge in [-0.25, -0.2) is 0 Å². The Morgan fingerprint density at radius 2 is 2.19 bits per heavy atom. The predicted octanol–water partition coefficient (Wildman–Crippen LogP) is 3.81. The minimum absolute atomic E-state index is 0.220. The van der Waals surface area contributed by atoms with Crippen LogP contribution in [-0.4, -0.2) is 29.8 Å². The normalized spacial score (nSPS) is 11.4. The molecule has 4 heteroatoms. The van der Waals surface area contributed by atoms with E-state index < -0.39 is 0 Å². The summed E-state index contributed by atoms with van der Waals surface area (Å²) in [5.74, 6) is 0.220. The van der Waals surface area contributed by atoms with Crippen LogP contribution in [0.5, 0.6) is 0 Å². The molecule has 0 saturated carbocycles. The van der Waals surface area contributed by atoms with Gasteiger partial charge in [0.15, 0.2) is 5.78 Å². The van der Waals surface area contributed by atoms with E-state index >= 15 is 0 Å². The van der Waals surface area contributed by atoms with Crippen molar-refractivity contribution in [3.8, 4) is 0 Å². The van der Waals surface area contributed by atoms with Gasteiger partial charge in [-0.15, -0.1) is 11.3 Å². The van der Waals surface area contributed by atoms with Gasteiger partial charge in [0.1, 0.15) is 0 Å². The Hall–Kier alpha value is -0.190. The van der Waals surface area contributed by atoms with Gasteiger partial charge < -0.3 is 0 Å². The van der Waals surface area contributed by atoms with Crippen molar-refractivity contribution in [1.29, 1.82) is 0 Å². The van der Waals surface area contributed by atoms with Crippen LogP contribution in [0, 0.1) is 0 Å². The zero-order valence-electron chi connectivity index (χ0n) is 10.00. The topological polar surface area (TPSA) is 20.3 Å². The third kappa shape index (κ3) is 4.00. The summed E-state index contributed by atoms with van der Waals surface area (Å²) >= 11 is 4.89. The Labute approximate surface area is 110 Å². The van der Waals surface area contributed by atoms with Gasteiger partial charge in [0, 0.05) is 6.04 Å². The lowest BCUT2D eigenvalue weighted by molar-refractivity contribution is 0.0910. The number of carbonyl (C=O) groups excluding carboxylic acids is 1. The number of carbonyl (C=O) groups is 1. The van der Waals surface area contributed by atoms with Crippen LogP contribution in [0.4, 0.5) is 0 Å². The quantitative estimate of drug-likeness (QED) is 0.745. The number of nitrogens with zero attached hydrogens (tertiary/aromatic N) is 1. The fourth-order valence-electron chi connectivity index (χ4n) is 1.53. The van der Waals surface area contributed by atoms with Gasteiger partial charge in [0.2, 0.25) is 0 Å². The van der Waals surface area contributed by atoms with Crippen LogP contribution in [-0.2, 0) is 0 Å². The van der Waals surface area contributed by atoms with Gasteiger partial charge in [-0.3, -0.25) is 9.69 Å². The number of thiophene rings is 1. The second-order valence-electron chi connectivity index (χ2n) is 4.09. The average Bonchev–Trinajstić information content (AvgIpc) is 2.64.